The first kappa shape index (κ1) is 20.3. The molecule has 0 N–H and O–H groups in total. The topological polar surface area (TPSA) is 80.7 Å². The second kappa shape index (κ2) is 6.84. The number of alkyl halides is 3. The van der Waals surface area contributed by atoms with Crippen molar-refractivity contribution in [3.05, 3.63) is 58.0 Å². The molecule has 0 aliphatic rings. The van der Waals surface area contributed by atoms with Crippen LogP contribution < -0.4 is 0 Å². The lowest BCUT2D eigenvalue weighted by atomic mass is 10.2. The Morgan fingerprint density at radius 2 is 1.68 bits per heavy atom. The van der Waals surface area contributed by atoms with E-state index in [0.29, 0.717) is 12.1 Å². The van der Waals surface area contributed by atoms with Gasteiger partial charge in [-0.1, -0.05) is 23.2 Å². The van der Waals surface area contributed by atoms with Crippen LogP contribution in [0.4, 0.5) is 13.2 Å². The first-order valence-corrected chi connectivity index (χ1v) is 10.0. The van der Waals surface area contributed by atoms with Crippen LogP contribution in [0.5, 0.6) is 0 Å². The van der Waals surface area contributed by atoms with Gasteiger partial charge in [0, 0.05) is 18.6 Å². The molecule has 3 rings (SSSR count). The van der Waals surface area contributed by atoms with E-state index in [4.69, 9.17) is 23.2 Å². The molecular formula is C16H9Cl2F3N4O2S. The average molecular weight is 449 g/mol. The van der Waals surface area contributed by atoms with E-state index < -0.39 is 42.2 Å². The van der Waals surface area contributed by atoms with Crippen molar-refractivity contribution in [2.75, 3.05) is 6.26 Å². The molecule has 0 saturated carbocycles. The van der Waals surface area contributed by atoms with E-state index in [2.05, 4.69) is 5.10 Å². The lowest BCUT2D eigenvalue weighted by molar-refractivity contribution is -0.137. The third kappa shape index (κ3) is 3.48. The lowest BCUT2D eigenvalue weighted by Crippen LogP contribution is -2.11. The van der Waals surface area contributed by atoms with E-state index in [1.165, 1.54) is 17.0 Å². The molecule has 2 heterocycles. The molecule has 0 atom stereocenters. The molecule has 0 spiro atoms. The van der Waals surface area contributed by atoms with Crippen molar-refractivity contribution in [2.24, 2.45) is 0 Å². The number of aromatic nitrogens is 3. The van der Waals surface area contributed by atoms with Crippen LogP contribution in [0.2, 0.25) is 10.0 Å². The van der Waals surface area contributed by atoms with Crippen LogP contribution in [0.25, 0.3) is 11.5 Å². The third-order valence-electron chi connectivity index (χ3n) is 3.70. The fourth-order valence-corrected chi connectivity index (χ4v) is 4.21. The summed E-state index contributed by atoms with van der Waals surface area (Å²) in [6.45, 7) is 0. The summed E-state index contributed by atoms with van der Waals surface area (Å²) < 4.78 is 65.9. The average Bonchev–Trinajstić information content (AvgIpc) is 3.19. The number of hydrogen-bond acceptors (Lipinski definition) is 4. The van der Waals surface area contributed by atoms with E-state index >= 15 is 0 Å². The molecule has 0 saturated heterocycles. The number of sulfone groups is 1. The molecule has 146 valence electrons. The molecule has 3 aromatic rings. The minimum atomic E-state index is -4.69. The van der Waals surface area contributed by atoms with Crippen LogP contribution in [0.15, 0.2) is 41.6 Å². The molecular weight excluding hydrogens is 440 g/mol. The monoisotopic (exact) mass is 448 g/mol. The van der Waals surface area contributed by atoms with Crippen LogP contribution in [0, 0.1) is 11.3 Å². The first-order valence-electron chi connectivity index (χ1n) is 7.38. The van der Waals surface area contributed by atoms with Crippen molar-refractivity contribution >= 4 is 33.0 Å². The molecule has 6 nitrogen and oxygen atoms in total. The van der Waals surface area contributed by atoms with Gasteiger partial charge in [0.15, 0.2) is 21.3 Å². The second-order valence-corrected chi connectivity index (χ2v) is 8.44. The normalized spacial score (nSPS) is 12.2. The Labute approximate surface area is 167 Å². The van der Waals surface area contributed by atoms with Crippen molar-refractivity contribution in [1.29, 1.82) is 5.26 Å². The minimum absolute atomic E-state index is 0.104. The van der Waals surface area contributed by atoms with Gasteiger partial charge in [-0.3, -0.25) is 0 Å². The molecule has 0 unspecified atom stereocenters. The van der Waals surface area contributed by atoms with Crippen LogP contribution in [0.3, 0.4) is 0 Å². The van der Waals surface area contributed by atoms with Gasteiger partial charge in [0.2, 0.25) is 0 Å². The van der Waals surface area contributed by atoms with E-state index in [9.17, 15) is 26.9 Å². The molecule has 0 amide bonds. The number of rotatable bonds is 3. The summed E-state index contributed by atoms with van der Waals surface area (Å²) in [6, 6.07) is 6.15. The second-order valence-electron chi connectivity index (χ2n) is 5.67. The zero-order valence-corrected chi connectivity index (χ0v) is 16.2. The maximum absolute atomic E-state index is 13.0. The molecule has 0 radical (unpaired) electrons. The van der Waals surface area contributed by atoms with Crippen molar-refractivity contribution in [1.82, 2.24) is 14.3 Å². The highest BCUT2D eigenvalue weighted by atomic mass is 35.5. The Hall–Kier alpha value is -2.48. The van der Waals surface area contributed by atoms with Gasteiger partial charge >= 0.3 is 6.18 Å². The predicted octanol–water partition coefficient (Wildman–Crippen LogP) is 4.26. The maximum Gasteiger partial charge on any atom is 0.416 e. The summed E-state index contributed by atoms with van der Waals surface area (Å²) in [5.74, 6) is -0.104. The summed E-state index contributed by atoms with van der Waals surface area (Å²) >= 11 is 12.1. The predicted molar refractivity (Wildman–Crippen MR) is 95.7 cm³/mol. The van der Waals surface area contributed by atoms with Gasteiger partial charge < -0.3 is 4.57 Å². The number of benzene rings is 1. The highest BCUT2D eigenvalue weighted by Crippen LogP contribution is 2.39. The maximum atomic E-state index is 13.0. The van der Waals surface area contributed by atoms with Gasteiger partial charge in [-0.25, -0.2) is 13.1 Å². The van der Waals surface area contributed by atoms with E-state index in [-0.39, 0.29) is 11.5 Å². The summed E-state index contributed by atoms with van der Waals surface area (Å²) in [7, 11) is -3.94. The Morgan fingerprint density at radius 1 is 1.14 bits per heavy atom. The molecule has 2 aromatic heterocycles. The number of nitriles is 1. The third-order valence-corrected chi connectivity index (χ3v) is 5.39. The van der Waals surface area contributed by atoms with E-state index in [1.54, 1.807) is 18.2 Å². The Kier molecular flexibility index (Phi) is 4.95. The fourth-order valence-electron chi connectivity index (χ4n) is 2.60. The largest absolute Gasteiger partial charge is 0.416 e. The molecule has 28 heavy (non-hydrogen) atoms. The summed E-state index contributed by atoms with van der Waals surface area (Å²) in [4.78, 5) is -0.404. The Balaban J connectivity index is 2.42. The highest BCUT2D eigenvalue weighted by Gasteiger charge is 2.34. The van der Waals surface area contributed by atoms with Crippen molar-refractivity contribution < 1.29 is 21.6 Å². The SMILES string of the molecule is CS(=O)(=O)c1c(C#N)nn(-c2c(Cl)cc(C(F)(F)F)cc2Cl)c1-n1cccc1. The quantitative estimate of drug-likeness (QED) is 0.599. The smallest absolute Gasteiger partial charge is 0.307 e. The number of hydrogen-bond donors (Lipinski definition) is 0. The molecule has 12 heteroatoms. The molecule has 0 fully saturated rings. The first-order chi connectivity index (χ1) is 12.9. The number of nitrogens with zero attached hydrogens (tertiary/aromatic N) is 4. The van der Waals surface area contributed by atoms with Gasteiger partial charge in [0.1, 0.15) is 16.7 Å². The van der Waals surface area contributed by atoms with Gasteiger partial charge in [-0.15, -0.1) is 0 Å². The highest BCUT2D eigenvalue weighted by molar-refractivity contribution is 7.90. The Bertz CT molecular complexity index is 1190. The van der Waals surface area contributed by atoms with Gasteiger partial charge in [-0.2, -0.15) is 23.5 Å². The summed E-state index contributed by atoms with van der Waals surface area (Å²) in [5.41, 5.74) is -1.71. The summed E-state index contributed by atoms with van der Waals surface area (Å²) in [6.07, 6.45) is -0.836. The fraction of sp³-hybridized carbons (Fsp3) is 0.125. The van der Waals surface area contributed by atoms with Crippen LogP contribution in [0.1, 0.15) is 11.3 Å². The van der Waals surface area contributed by atoms with Gasteiger partial charge in [0.05, 0.1) is 15.6 Å². The zero-order chi connectivity index (χ0) is 20.9. The van der Waals surface area contributed by atoms with E-state index in [1.807, 2.05) is 0 Å². The molecule has 0 aliphatic heterocycles. The Morgan fingerprint density at radius 3 is 2.11 bits per heavy atom. The van der Waals surface area contributed by atoms with Crippen molar-refractivity contribution in [3.63, 3.8) is 0 Å². The van der Waals surface area contributed by atoms with Gasteiger partial charge in [0.25, 0.3) is 0 Å². The van der Waals surface area contributed by atoms with Crippen molar-refractivity contribution in [3.8, 4) is 17.6 Å². The minimum Gasteiger partial charge on any atom is -0.307 e. The standard InChI is InChI=1S/C16H9Cl2F3N4O2S/c1-28(26,27)14-12(8-22)23-25(15(14)24-4-2-3-5-24)13-10(17)6-9(7-11(13)18)16(19,20)21/h2-7H,1H3. The molecule has 1 aromatic carbocycles. The number of halogens is 5. The summed E-state index contributed by atoms with van der Waals surface area (Å²) in [5, 5.41) is 12.4. The van der Waals surface area contributed by atoms with E-state index in [0.717, 1.165) is 10.9 Å². The molecule has 0 aliphatic carbocycles. The zero-order valence-electron chi connectivity index (χ0n) is 13.9. The molecule has 0 bridgehead atoms. The van der Waals surface area contributed by atoms with Crippen LogP contribution in [-0.2, 0) is 16.0 Å². The van der Waals surface area contributed by atoms with Gasteiger partial charge in [-0.05, 0) is 24.3 Å². The van der Waals surface area contributed by atoms with Crippen molar-refractivity contribution in [2.45, 2.75) is 11.1 Å². The van der Waals surface area contributed by atoms with Crippen LogP contribution in [-0.4, -0.2) is 29.0 Å². The lowest BCUT2D eigenvalue weighted by Gasteiger charge is -2.15. The van der Waals surface area contributed by atoms with Crippen LogP contribution >= 0.6 is 23.2 Å².